The van der Waals surface area contributed by atoms with Gasteiger partial charge < -0.3 is 14.5 Å². The Morgan fingerprint density at radius 3 is 2.38 bits per heavy atom. The van der Waals surface area contributed by atoms with Crippen LogP contribution in [0, 0.1) is 19.7 Å². The summed E-state index contributed by atoms with van der Waals surface area (Å²) in [5, 5.41) is 10.7. The van der Waals surface area contributed by atoms with Crippen molar-refractivity contribution in [3.05, 3.63) is 101 Å². The van der Waals surface area contributed by atoms with Gasteiger partial charge in [0.2, 0.25) is 5.91 Å². The highest BCUT2D eigenvalue weighted by atomic mass is 32.2. The highest BCUT2D eigenvalue weighted by molar-refractivity contribution is 8.00. The number of benzene rings is 3. The molecule has 0 aliphatic rings. The molecular formula is C26H24FN3O3S. The van der Waals surface area contributed by atoms with E-state index in [1.807, 2.05) is 62.4 Å². The zero-order valence-electron chi connectivity index (χ0n) is 19.0. The number of ether oxygens (including phenoxy) is 1. The first-order chi connectivity index (χ1) is 16.4. The molecule has 174 valence electrons. The van der Waals surface area contributed by atoms with E-state index in [2.05, 4.69) is 15.5 Å². The molecule has 8 heteroatoms. The molecule has 6 nitrogen and oxygen atoms in total. The van der Waals surface area contributed by atoms with Gasteiger partial charge in [0.1, 0.15) is 5.25 Å². The van der Waals surface area contributed by atoms with Gasteiger partial charge in [-0.15, -0.1) is 10.2 Å². The summed E-state index contributed by atoms with van der Waals surface area (Å²) < 4.78 is 25.3. The van der Waals surface area contributed by atoms with Crippen LogP contribution in [0.25, 0.3) is 0 Å². The highest BCUT2D eigenvalue weighted by Gasteiger charge is 2.26. The zero-order valence-corrected chi connectivity index (χ0v) is 19.8. The second kappa shape index (κ2) is 10.5. The number of para-hydroxylation sites is 1. The fourth-order valence-corrected chi connectivity index (χ4v) is 4.35. The number of carbonyl (C=O) groups is 1. The largest absolute Gasteiger partial charge is 0.478 e. The molecule has 1 heterocycles. The van der Waals surface area contributed by atoms with Gasteiger partial charge in [-0.25, -0.2) is 4.39 Å². The number of amides is 1. The minimum absolute atomic E-state index is 0.0948. The first-order valence-electron chi connectivity index (χ1n) is 10.7. The van der Waals surface area contributed by atoms with Gasteiger partial charge in [-0.1, -0.05) is 48.5 Å². The summed E-state index contributed by atoms with van der Waals surface area (Å²) in [6.07, 6.45) is -0.668. The molecule has 0 saturated heterocycles. The minimum atomic E-state index is -0.668. The lowest BCUT2D eigenvalue weighted by molar-refractivity contribution is -0.115. The Labute approximate surface area is 201 Å². The van der Waals surface area contributed by atoms with Gasteiger partial charge in [0.05, 0.1) is 0 Å². The van der Waals surface area contributed by atoms with Crippen molar-refractivity contribution in [1.82, 2.24) is 10.2 Å². The maximum atomic E-state index is 13.9. The molecular weight excluding hydrogens is 453 g/mol. The number of hydrogen-bond donors (Lipinski definition) is 1. The molecule has 0 unspecified atom stereocenters. The normalized spacial score (nSPS) is 12.7. The smallest absolute Gasteiger partial charge is 0.277 e. The molecule has 3 aromatic carbocycles. The number of hydrogen-bond acceptors (Lipinski definition) is 6. The Kier molecular flexibility index (Phi) is 7.27. The molecule has 2 atom stereocenters. The summed E-state index contributed by atoms with van der Waals surface area (Å²) in [6.45, 7) is 5.66. The molecule has 0 aliphatic heterocycles. The van der Waals surface area contributed by atoms with Gasteiger partial charge in [-0.2, -0.15) is 0 Å². The van der Waals surface area contributed by atoms with E-state index in [-0.39, 0.29) is 22.8 Å². The number of anilines is 1. The third kappa shape index (κ3) is 5.82. The van der Waals surface area contributed by atoms with E-state index in [9.17, 15) is 9.18 Å². The van der Waals surface area contributed by atoms with Crippen LogP contribution in [-0.2, 0) is 4.79 Å². The molecule has 4 aromatic rings. The minimum Gasteiger partial charge on any atom is -0.478 e. The molecule has 1 N–H and O–H groups in total. The average Bonchev–Trinajstić information content (AvgIpc) is 3.28. The molecule has 0 saturated carbocycles. The van der Waals surface area contributed by atoms with Crippen molar-refractivity contribution in [2.75, 3.05) is 5.32 Å². The first kappa shape index (κ1) is 23.5. The molecule has 0 fully saturated rings. The van der Waals surface area contributed by atoms with Gasteiger partial charge in [0, 0.05) is 5.69 Å². The van der Waals surface area contributed by atoms with E-state index >= 15 is 0 Å². The fourth-order valence-electron chi connectivity index (χ4n) is 3.47. The standard InChI is InChI=1S/C26H24FN3O3S/c1-16-13-17(2)15-20(14-16)28-24(31)23(19-9-5-4-6-10-19)34-26-30-29-25(33-26)18(3)32-22-12-8-7-11-21(22)27/h4-15,18,23H,1-3H3,(H,28,31)/t18-,23+/m1/s1. The summed E-state index contributed by atoms with van der Waals surface area (Å²) in [5.74, 6) is -0.406. The van der Waals surface area contributed by atoms with Crippen LogP contribution in [0.3, 0.4) is 0 Å². The van der Waals surface area contributed by atoms with Gasteiger partial charge in [0.25, 0.3) is 11.1 Å². The number of thioether (sulfide) groups is 1. The number of carbonyl (C=O) groups excluding carboxylic acids is 1. The van der Waals surface area contributed by atoms with Crippen molar-refractivity contribution in [3.8, 4) is 5.75 Å². The van der Waals surface area contributed by atoms with Crippen molar-refractivity contribution in [3.63, 3.8) is 0 Å². The number of nitrogens with zero attached hydrogens (tertiary/aromatic N) is 2. The maximum absolute atomic E-state index is 13.9. The number of aromatic nitrogens is 2. The predicted octanol–water partition coefficient (Wildman–Crippen LogP) is 6.44. The summed E-state index contributed by atoms with van der Waals surface area (Å²) in [7, 11) is 0. The van der Waals surface area contributed by atoms with Gasteiger partial charge in [-0.3, -0.25) is 4.79 Å². The van der Waals surface area contributed by atoms with Crippen molar-refractivity contribution in [1.29, 1.82) is 0 Å². The molecule has 0 aliphatic carbocycles. The molecule has 1 amide bonds. The lowest BCUT2D eigenvalue weighted by Crippen LogP contribution is -2.19. The molecule has 1 aromatic heterocycles. The van der Waals surface area contributed by atoms with Crippen molar-refractivity contribution < 1.29 is 18.3 Å². The topological polar surface area (TPSA) is 77.2 Å². The van der Waals surface area contributed by atoms with Gasteiger partial charge in [0.15, 0.2) is 17.7 Å². The lowest BCUT2D eigenvalue weighted by Gasteiger charge is -2.16. The summed E-state index contributed by atoms with van der Waals surface area (Å²) in [5.41, 5.74) is 3.64. The molecule has 0 spiro atoms. The molecule has 34 heavy (non-hydrogen) atoms. The number of nitrogens with one attached hydrogen (secondary N) is 1. The van der Waals surface area contributed by atoms with E-state index in [1.54, 1.807) is 19.1 Å². The van der Waals surface area contributed by atoms with Crippen LogP contribution < -0.4 is 10.1 Å². The van der Waals surface area contributed by atoms with Crippen LogP contribution >= 0.6 is 11.8 Å². The number of aryl methyl sites for hydroxylation is 2. The Hall–Kier alpha value is -3.65. The Morgan fingerprint density at radius 2 is 1.68 bits per heavy atom. The second-order valence-corrected chi connectivity index (χ2v) is 8.93. The van der Waals surface area contributed by atoms with Crippen molar-refractivity contribution in [2.24, 2.45) is 0 Å². The SMILES string of the molecule is Cc1cc(C)cc(NC(=O)[C@@H](Sc2nnc([C@@H](C)Oc3ccccc3F)o2)c2ccccc2)c1. The van der Waals surface area contributed by atoms with Crippen molar-refractivity contribution >= 4 is 23.4 Å². The lowest BCUT2D eigenvalue weighted by atomic mass is 10.1. The average molecular weight is 478 g/mol. The molecule has 0 bridgehead atoms. The maximum Gasteiger partial charge on any atom is 0.277 e. The van der Waals surface area contributed by atoms with Crippen LogP contribution in [0.1, 0.15) is 40.9 Å². The summed E-state index contributed by atoms with van der Waals surface area (Å²) in [6, 6.07) is 21.4. The van der Waals surface area contributed by atoms with Crippen LogP contribution in [0.4, 0.5) is 10.1 Å². The Balaban J connectivity index is 1.52. The predicted molar refractivity (Wildman–Crippen MR) is 129 cm³/mol. The van der Waals surface area contributed by atoms with E-state index in [1.165, 1.54) is 12.1 Å². The summed E-state index contributed by atoms with van der Waals surface area (Å²) in [4.78, 5) is 13.3. The van der Waals surface area contributed by atoms with Crippen LogP contribution in [0.5, 0.6) is 5.75 Å². The third-order valence-corrected chi connectivity index (χ3v) is 6.05. The van der Waals surface area contributed by atoms with Crippen LogP contribution in [0.15, 0.2) is 82.4 Å². The van der Waals surface area contributed by atoms with Crippen LogP contribution in [-0.4, -0.2) is 16.1 Å². The number of rotatable bonds is 8. The van der Waals surface area contributed by atoms with E-state index in [0.29, 0.717) is 0 Å². The third-order valence-electron chi connectivity index (χ3n) is 4.96. The Morgan fingerprint density at radius 1 is 1.00 bits per heavy atom. The Bertz CT molecular complexity index is 1260. The fraction of sp³-hybridized carbons (Fsp3) is 0.192. The zero-order chi connectivity index (χ0) is 24.1. The summed E-state index contributed by atoms with van der Waals surface area (Å²) >= 11 is 1.14. The van der Waals surface area contributed by atoms with Crippen LogP contribution in [0.2, 0.25) is 0 Å². The van der Waals surface area contributed by atoms with Gasteiger partial charge in [-0.05, 0) is 73.5 Å². The molecule has 4 rings (SSSR count). The highest BCUT2D eigenvalue weighted by Crippen LogP contribution is 2.36. The van der Waals surface area contributed by atoms with Crippen molar-refractivity contribution in [2.45, 2.75) is 37.3 Å². The number of halogens is 1. The van der Waals surface area contributed by atoms with Gasteiger partial charge >= 0.3 is 0 Å². The monoisotopic (exact) mass is 477 g/mol. The quantitative estimate of drug-likeness (QED) is 0.294. The second-order valence-electron chi connectivity index (χ2n) is 7.87. The molecule has 0 radical (unpaired) electrons. The van der Waals surface area contributed by atoms with E-state index in [0.717, 1.165) is 34.1 Å². The van der Waals surface area contributed by atoms with E-state index < -0.39 is 17.2 Å². The van der Waals surface area contributed by atoms with E-state index in [4.69, 9.17) is 9.15 Å². The first-order valence-corrected chi connectivity index (χ1v) is 11.6.